The van der Waals surface area contributed by atoms with Crippen LogP contribution in [0.3, 0.4) is 0 Å². The van der Waals surface area contributed by atoms with Crippen molar-refractivity contribution in [3.8, 4) is 17.7 Å². The maximum absolute atomic E-state index is 5.39. The Kier molecular flexibility index (Phi) is 5.13. The van der Waals surface area contributed by atoms with E-state index in [-0.39, 0.29) is 0 Å². The number of anilines is 1. The third-order valence-electron chi connectivity index (χ3n) is 2.04. The number of hydrogen-bond acceptors (Lipinski definition) is 4. The molecule has 0 fully saturated rings. The highest BCUT2D eigenvalue weighted by Gasteiger charge is 2.06. The Morgan fingerprint density at radius 2 is 2.25 bits per heavy atom. The zero-order valence-corrected chi connectivity index (χ0v) is 10.0. The van der Waals surface area contributed by atoms with Crippen molar-refractivity contribution in [2.24, 2.45) is 0 Å². The summed E-state index contributed by atoms with van der Waals surface area (Å²) in [7, 11) is 0. The molecule has 0 saturated heterocycles. The number of nitrogens with one attached hydrogen (secondary N) is 1. The van der Waals surface area contributed by atoms with Gasteiger partial charge in [0.1, 0.15) is 12.1 Å². The summed E-state index contributed by atoms with van der Waals surface area (Å²) in [5.74, 6) is 7.30. The number of ether oxygens (including phenoxy) is 1. The molecule has 1 heterocycles. The fraction of sp³-hybridized carbons (Fsp3) is 0.500. The predicted molar refractivity (Wildman–Crippen MR) is 64.5 cm³/mol. The highest BCUT2D eigenvalue weighted by atomic mass is 16.5. The fourth-order valence-corrected chi connectivity index (χ4v) is 1.26. The van der Waals surface area contributed by atoms with Crippen molar-refractivity contribution in [1.29, 1.82) is 0 Å². The van der Waals surface area contributed by atoms with Gasteiger partial charge in [-0.05, 0) is 20.8 Å². The molecule has 0 unspecified atom stereocenters. The van der Waals surface area contributed by atoms with E-state index in [9.17, 15) is 0 Å². The van der Waals surface area contributed by atoms with Crippen LogP contribution in [0.4, 0.5) is 5.82 Å². The Bertz CT molecular complexity index is 393. The second-order valence-electron chi connectivity index (χ2n) is 3.19. The number of nitrogens with zero attached hydrogens (tertiary/aromatic N) is 2. The Morgan fingerprint density at radius 1 is 1.44 bits per heavy atom. The summed E-state index contributed by atoms with van der Waals surface area (Å²) < 4.78 is 5.39. The molecule has 4 heteroatoms. The van der Waals surface area contributed by atoms with Crippen molar-refractivity contribution in [3.05, 3.63) is 11.9 Å². The van der Waals surface area contributed by atoms with Crippen molar-refractivity contribution in [1.82, 2.24) is 9.97 Å². The molecule has 1 aromatic heterocycles. The minimum absolute atomic E-state index is 0.610. The quantitative estimate of drug-likeness (QED) is 0.608. The first-order valence-corrected chi connectivity index (χ1v) is 5.37. The van der Waals surface area contributed by atoms with Gasteiger partial charge in [0.05, 0.1) is 12.2 Å². The molecule has 0 aliphatic rings. The fourth-order valence-electron chi connectivity index (χ4n) is 1.26. The van der Waals surface area contributed by atoms with E-state index < -0.39 is 0 Å². The number of hydrogen-bond donors (Lipinski definition) is 1. The van der Waals surface area contributed by atoms with Crippen LogP contribution in [0.2, 0.25) is 0 Å². The second kappa shape index (κ2) is 6.67. The Balaban J connectivity index is 2.64. The molecule has 1 N–H and O–H groups in total. The highest BCUT2D eigenvalue weighted by Crippen LogP contribution is 2.19. The average Bonchev–Trinajstić information content (AvgIpc) is 2.29. The van der Waals surface area contributed by atoms with Crippen LogP contribution in [0, 0.1) is 18.8 Å². The van der Waals surface area contributed by atoms with Crippen LogP contribution in [-0.4, -0.2) is 23.1 Å². The summed E-state index contributed by atoms with van der Waals surface area (Å²) in [6.07, 6.45) is 2.32. The van der Waals surface area contributed by atoms with Crippen LogP contribution in [-0.2, 0) is 0 Å². The van der Waals surface area contributed by atoms with E-state index >= 15 is 0 Å². The van der Waals surface area contributed by atoms with Gasteiger partial charge in [-0.25, -0.2) is 9.97 Å². The van der Waals surface area contributed by atoms with Gasteiger partial charge in [-0.2, -0.15) is 0 Å². The largest absolute Gasteiger partial charge is 0.478 e. The first-order chi connectivity index (χ1) is 7.79. The van der Waals surface area contributed by atoms with E-state index in [2.05, 4.69) is 27.1 Å². The van der Waals surface area contributed by atoms with Gasteiger partial charge in [-0.3, -0.25) is 0 Å². The highest BCUT2D eigenvalue weighted by molar-refractivity contribution is 5.47. The van der Waals surface area contributed by atoms with Gasteiger partial charge in [-0.1, -0.05) is 0 Å². The van der Waals surface area contributed by atoms with E-state index in [1.807, 2.05) is 20.8 Å². The van der Waals surface area contributed by atoms with Gasteiger partial charge < -0.3 is 10.1 Å². The van der Waals surface area contributed by atoms with E-state index in [4.69, 9.17) is 4.74 Å². The normalized spacial score (nSPS) is 9.19. The molecule has 0 saturated carbocycles. The molecule has 86 valence electrons. The topological polar surface area (TPSA) is 47.0 Å². The molecule has 0 aliphatic heterocycles. The van der Waals surface area contributed by atoms with Crippen molar-refractivity contribution < 1.29 is 4.74 Å². The summed E-state index contributed by atoms with van der Waals surface area (Å²) >= 11 is 0. The smallest absolute Gasteiger partial charge is 0.221 e. The molecule has 0 radical (unpaired) electrons. The zero-order valence-electron chi connectivity index (χ0n) is 10.0. The average molecular weight is 219 g/mol. The standard InChI is InChI=1S/C12H17N3O/c1-4-6-7-8-13-11-10(3)12(16-5-2)15-9-14-11/h9H,5,7-8H2,1-3H3,(H,13,14,15). The van der Waals surface area contributed by atoms with Crippen LogP contribution in [0.15, 0.2) is 6.33 Å². The van der Waals surface area contributed by atoms with E-state index in [0.29, 0.717) is 12.5 Å². The lowest BCUT2D eigenvalue weighted by atomic mass is 10.3. The molecule has 1 aromatic rings. The molecule has 0 aliphatic carbocycles. The Labute approximate surface area is 96.5 Å². The van der Waals surface area contributed by atoms with Gasteiger partial charge in [-0.15, -0.1) is 11.8 Å². The molecule has 0 atom stereocenters. The first kappa shape index (κ1) is 12.3. The maximum Gasteiger partial charge on any atom is 0.221 e. The van der Waals surface area contributed by atoms with E-state index in [1.54, 1.807) is 0 Å². The first-order valence-electron chi connectivity index (χ1n) is 5.37. The molecule has 0 amide bonds. The van der Waals surface area contributed by atoms with Crippen molar-refractivity contribution >= 4 is 5.82 Å². The monoisotopic (exact) mass is 219 g/mol. The molecular weight excluding hydrogens is 202 g/mol. The summed E-state index contributed by atoms with van der Waals surface area (Å²) in [4.78, 5) is 8.24. The Hall–Kier alpha value is -1.76. The molecule has 4 nitrogen and oxygen atoms in total. The van der Waals surface area contributed by atoms with Gasteiger partial charge >= 0.3 is 0 Å². The number of rotatable bonds is 5. The molecular formula is C12H17N3O. The molecule has 0 bridgehead atoms. The SMILES string of the molecule is CC#CCCNc1ncnc(OCC)c1C. The molecule has 0 aromatic carbocycles. The summed E-state index contributed by atoms with van der Waals surface area (Å²) in [6.45, 7) is 7.11. The Morgan fingerprint density at radius 3 is 2.94 bits per heavy atom. The van der Waals surface area contributed by atoms with Crippen molar-refractivity contribution in [3.63, 3.8) is 0 Å². The minimum Gasteiger partial charge on any atom is -0.478 e. The second-order valence-corrected chi connectivity index (χ2v) is 3.19. The third-order valence-corrected chi connectivity index (χ3v) is 2.04. The van der Waals surface area contributed by atoms with Crippen LogP contribution >= 0.6 is 0 Å². The zero-order chi connectivity index (χ0) is 11.8. The number of aromatic nitrogens is 2. The van der Waals surface area contributed by atoms with Crippen LogP contribution in [0.25, 0.3) is 0 Å². The van der Waals surface area contributed by atoms with Gasteiger partial charge in [0.2, 0.25) is 5.88 Å². The van der Waals surface area contributed by atoms with Crippen LogP contribution < -0.4 is 10.1 Å². The van der Waals surface area contributed by atoms with E-state index in [1.165, 1.54) is 6.33 Å². The summed E-state index contributed by atoms with van der Waals surface area (Å²) in [5.41, 5.74) is 0.939. The van der Waals surface area contributed by atoms with Crippen molar-refractivity contribution in [2.45, 2.75) is 27.2 Å². The summed E-state index contributed by atoms with van der Waals surface area (Å²) in [5, 5.41) is 3.21. The van der Waals surface area contributed by atoms with Gasteiger partial charge in [0.15, 0.2) is 0 Å². The van der Waals surface area contributed by atoms with Gasteiger partial charge in [0, 0.05) is 13.0 Å². The predicted octanol–water partition coefficient (Wildman–Crippen LogP) is 2.01. The third kappa shape index (κ3) is 3.43. The molecule has 16 heavy (non-hydrogen) atoms. The molecule has 1 rings (SSSR count). The van der Waals surface area contributed by atoms with Crippen LogP contribution in [0.1, 0.15) is 25.8 Å². The lowest BCUT2D eigenvalue weighted by Gasteiger charge is -2.10. The lowest BCUT2D eigenvalue weighted by molar-refractivity contribution is 0.324. The summed E-state index contributed by atoms with van der Waals surface area (Å²) in [6, 6.07) is 0. The van der Waals surface area contributed by atoms with Crippen LogP contribution in [0.5, 0.6) is 5.88 Å². The van der Waals surface area contributed by atoms with Gasteiger partial charge in [0.25, 0.3) is 0 Å². The minimum atomic E-state index is 0.610. The molecule has 0 spiro atoms. The lowest BCUT2D eigenvalue weighted by Crippen LogP contribution is -2.07. The van der Waals surface area contributed by atoms with E-state index in [0.717, 1.165) is 24.3 Å². The van der Waals surface area contributed by atoms with Crippen molar-refractivity contribution in [2.75, 3.05) is 18.5 Å². The maximum atomic E-state index is 5.39.